The summed E-state index contributed by atoms with van der Waals surface area (Å²) in [5.74, 6) is -1.33. The predicted octanol–water partition coefficient (Wildman–Crippen LogP) is 1.06. The Morgan fingerprint density at radius 2 is 2.22 bits per heavy atom. The minimum absolute atomic E-state index is 0.266. The first-order valence-electron chi connectivity index (χ1n) is 6.48. The Hall–Kier alpha value is -1.36. The number of rotatable bonds is 7. The lowest BCUT2D eigenvalue weighted by Gasteiger charge is -2.16. The minimum atomic E-state index is -1.01. The fourth-order valence-corrected chi connectivity index (χ4v) is 2.07. The van der Waals surface area contributed by atoms with Crippen LogP contribution in [0.4, 0.5) is 0 Å². The zero-order chi connectivity index (χ0) is 13.4. The molecular formula is C13H22N2O3. The van der Waals surface area contributed by atoms with Crippen molar-refractivity contribution in [3.05, 3.63) is 11.6 Å². The molecule has 1 amide bonds. The predicted molar refractivity (Wildman–Crippen MR) is 69.3 cm³/mol. The van der Waals surface area contributed by atoms with Crippen molar-refractivity contribution in [1.82, 2.24) is 10.6 Å². The molecule has 1 aliphatic rings. The van der Waals surface area contributed by atoms with Gasteiger partial charge in [0.1, 0.15) is 6.04 Å². The highest BCUT2D eigenvalue weighted by Gasteiger charge is 2.17. The van der Waals surface area contributed by atoms with Crippen LogP contribution in [0.25, 0.3) is 0 Å². The number of carboxylic acid groups (broad SMARTS) is 1. The van der Waals surface area contributed by atoms with Gasteiger partial charge in [0.2, 0.25) is 5.91 Å². The summed E-state index contributed by atoms with van der Waals surface area (Å²) < 4.78 is 0. The molecule has 0 aliphatic heterocycles. The fraction of sp³-hybridized carbons (Fsp3) is 0.692. The number of amides is 1. The summed E-state index contributed by atoms with van der Waals surface area (Å²) in [5, 5.41) is 14.4. The van der Waals surface area contributed by atoms with Crippen LogP contribution in [-0.4, -0.2) is 36.1 Å². The van der Waals surface area contributed by atoms with E-state index in [1.165, 1.54) is 31.8 Å². The van der Waals surface area contributed by atoms with Crippen molar-refractivity contribution >= 4 is 11.9 Å². The van der Waals surface area contributed by atoms with Gasteiger partial charge in [0.25, 0.3) is 0 Å². The molecule has 0 bridgehead atoms. The average Bonchev–Trinajstić information content (AvgIpc) is 2.33. The van der Waals surface area contributed by atoms with E-state index in [1.807, 2.05) is 0 Å². The molecular weight excluding hydrogens is 232 g/mol. The van der Waals surface area contributed by atoms with Crippen LogP contribution in [0.3, 0.4) is 0 Å². The van der Waals surface area contributed by atoms with Gasteiger partial charge in [0, 0.05) is 13.5 Å². The summed E-state index contributed by atoms with van der Waals surface area (Å²) in [6, 6.07) is -0.845. The lowest BCUT2D eigenvalue weighted by atomic mass is 9.97. The van der Waals surface area contributed by atoms with Gasteiger partial charge in [-0.15, -0.1) is 0 Å². The van der Waals surface area contributed by atoms with Gasteiger partial charge in [-0.05, 0) is 38.6 Å². The van der Waals surface area contributed by atoms with E-state index in [0.717, 1.165) is 19.4 Å². The van der Waals surface area contributed by atoms with Crippen molar-refractivity contribution in [1.29, 1.82) is 0 Å². The maximum Gasteiger partial charge on any atom is 0.327 e. The van der Waals surface area contributed by atoms with E-state index in [1.54, 1.807) is 0 Å². The zero-order valence-electron chi connectivity index (χ0n) is 10.9. The number of allylic oxidation sites excluding steroid dienone is 1. The van der Waals surface area contributed by atoms with Gasteiger partial charge in [0.05, 0.1) is 0 Å². The highest BCUT2D eigenvalue weighted by Crippen LogP contribution is 2.19. The lowest BCUT2D eigenvalue weighted by molar-refractivity contribution is -0.141. The summed E-state index contributed by atoms with van der Waals surface area (Å²) in [6.45, 7) is 2.35. The largest absolute Gasteiger partial charge is 0.480 e. The number of hydrogen-bond acceptors (Lipinski definition) is 3. The molecule has 0 spiro atoms. The number of carbonyl (C=O) groups is 2. The fourth-order valence-electron chi connectivity index (χ4n) is 2.07. The Balaban J connectivity index is 2.20. The summed E-state index contributed by atoms with van der Waals surface area (Å²) in [7, 11) is 0. The molecule has 5 heteroatoms. The quantitative estimate of drug-likeness (QED) is 0.469. The van der Waals surface area contributed by atoms with E-state index in [4.69, 9.17) is 5.11 Å². The van der Waals surface area contributed by atoms with Crippen LogP contribution in [0, 0.1) is 0 Å². The minimum Gasteiger partial charge on any atom is -0.480 e. The second-order valence-corrected chi connectivity index (χ2v) is 4.65. The third-order valence-corrected chi connectivity index (χ3v) is 3.03. The van der Waals surface area contributed by atoms with Crippen LogP contribution >= 0.6 is 0 Å². The Morgan fingerprint density at radius 1 is 1.44 bits per heavy atom. The number of carboxylic acids is 1. The maximum atomic E-state index is 10.9. The second-order valence-electron chi connectivity index (χ2n) is 4.65. The highest BCUT2D eigenvalue weighted by molar-refractivity contribution is 5.82. The molecule has 1 aliphatic carbocycles. The Labute approximate surface area is 108 Å². The molecule has 0 aromatic carbocycles. The summed E-state index contributed by atoms with van der Waals surface area (Å²) in [4.78, 5) is 21.7. The zero-order valence-corrected chi connectivity index (χ0v) is 10.9. The SMILES string of the molecule is CC(=O)NC(CNCCC1=CCCCC1)C(=O)O. The maximum absolute atomic E-state index is 10.9. The summed E-state index contributed by atoms with van der Waals surface area (Å²) in [6.07, 6.45) is 8.12. The molecule has 0 aromatic heterocycles. The summed E-state index contributed by atoms with van der Waals surface area (Å²) >= 11 is 0. The van der Waals surface area contributed by atoms with Gasteiger partial charge in [-0.1, -0.05) is 11.6 Å². The standard InChI is InChI=1S/C13H22N2O3/c1-10(16)15-12(13(17)18)9-14-8-7-11-5-3-2-4-6-11/h5,12,14H,2-4,6-9H2,1H3,(H,15,16)(H,17,18). The Kier molecular flexibility index (Phi) is 6.43. The van der Waals surface area contributed by atoms with Crippen LogP contribution in [0.15, 0.2) is 11.6 Å². The van der Waals surface area contributed by atoms with Crippen molar-refractivity contribution in [2.75, 3.05) is 13.1 Å². The van der Waals surface area contributed by atoms with Crippen LogP contribution in [0.5, 0.6) is 0 Å². The number of carbonyl (C=O) groups excluding carboxylic acids is 1. The molecule has 3 N–H and O–H groups in total. The molecule has 1 unspecified atom stereocenters. The van der Waals surface area contributed by atoms with Crippen LogP contribution in [-0.2, 0) is 9.59 Å². The third kappa shape index (κ3) is 5.82. The first-order chi connectivity index (χ1) is 8.59. The van der Waals surface area contributed by atoms with Gasteiger partial charge in [-0.25, -0.2) is 4.79 Å². The highest BCUT2D eigenvalue weighted by atomic mass is 16.4. The smallest absolute Gasteiger partial charge is 0.327 e. The van der Waals surface area contributed by atoms with Crippen molar-refractivity contribution in [3.8, 4) is 0 Å². The van der Waals surface area contributed by atoms with Crippen molar-refractivity contribution < 1.29 is 14.7 Å². The molecule has 0 aromatic rings. The van der Waals surface area contributed by atoms with Gasteiger partial charge in [0.15, 0.2) is 0 Å². The van der Waals surface area contributed by atoms with Crippen molar-refractivity contribution in [3.63, 3.8) is 0 Å². The number of nitrogens with one attached hydrogen (secondary N) is 2. The molecule has 0 heterocycles. The molecule has 1 rings (SSSR count). The summed E-state index contributed by atoms with van der Waals surface area (Å²) in [5.41, 5.74) is 1.46. The topological polar surface area (TPSA) is 78.4 Å². The van der Waals surface area contributed by atoms with E-state index < -0.39 is 12.0 Å². The normalized spacial score (nSPS) is 16.8. The molecule has 0 saturated heterocycles. The first-order valence-corrected chi connectivity index (χ1v) is 6.48. The van der Waals surface area contributed by atoms with Gasteiger partial charge in [-0.3, -0.25) is 4.79 Å². The van der Waals surface area contributed by atoms with Gasteiger partial charge in [-0.2, -0.15) is 0 Å². The van der Waals surface area contributed by atoms with Crippen LogP contribution in [0.1, 0.15) is 39.0 Å². The molecule has 5 nitrogen and oxygen atoms in total. The van der Waals surface area contributed by atoms with Gasteiger partial charge >= 0.3 is 5.97 Å². The lowest BCUT2D eigenvalue weighted by Crippen LogP contribution is -2.46. The van der Waals surface area contributed by atoms with Crippen LogP contribution in [0.2, 0.25) is 0 Å². The average molecular weight is 254 g/mol. The molecule has 0 radical (unpaired) electrons. The molecule has 18 heavy (non-hydrogen) atoms. The third-order valence-electron chi connectivity index (χ3n) is 3.03. The monoisotopic (exact) mass is 254 g/mol. The first kappa shape index (κ1) is 14.7. The molecule has 0 saturated carbocycles. The van der Waals surface area contributed by atoms with Crippen molar-refractivity contribution in [2.45, 2.75) is 45.1 Å². The Morgan fingerprint density at radius 3 is 2.78 bits per heavy atom. The van der Waals surface area contributed by atoms with E-state index in [0.29, 0.717) is 0 Å². The van der Waals surface area contributed by atoms with Gasteiger partial charge < -0.3 is 15.7 Å². The van der Waals surface area contributed by atoms with E-state index in [2.05, 4.69) is 16.7 Å². The van der Waals surface area contributed by atoms with Crippen molar-refractivity contribution in [2.24, 2.45) is 0 Å². The van der Waals surface area contributed by atoms with E-state index >= 15 is 0 Å². The van der Waals surface area contributed by atoms with E-state index in [-0.39, 0.29) is 12.5 Å². The number of hydrogen-bond donors (Lipinski definition) is 3. The van der Waals surface area contributed by atoms with Crippen LogP contribution < -0.4 is 10.6 Å². The Bertz CT molecular complexity index is 326. The number of aliphatic carboxylic acids is 1. The molecule has 102 valence electrons. The molecule has 1 atom stereocenters. The second kappa shape index (κ2) is 7.87. The molecule has 0 fully saturated rings. The van der Waals surface area contributed by atoms with E-state index in [9.17, 15) is 9.59 Å².